The first-order valence-corrected chi connectivity index (χ1v) is 7.39. The molecule has 0 aliphatic heterocycles. The minimum absolute atomic E-state index is 0.228. The van der Waals surface area contributed by atoms with Crippen LogP contribution in [0.25, 0.3) is 0 Å². The average Bonchev–Trinajstić information content (AvgIpc) is 2.62. The molecule has 4 nitrogen and oxygen atoms in total. The van der Waals surface area contributed by atoms with Crippen molar-refractivity contribution in [3.63, 3.8) is 0 Å². The zero-order valence-corrected chi connectivity index (χ0v) is 12.8. The number of aromatic nitrogens is 1. The number of halogens is 1. The van der Waals surface area contributed by atoms with Crippen LogP contribution in [0.2, 0.25) is 0 Å². The van der Waals surface area contributed by atoms with Crippen molar-refractivity contribution < 1.29 is 13.9 Å². The molecule has 1 aromatic heterocycles. The summed E-state index contributed by atoms with van der Waals surface area (Å²) in [5, 5.41) is 2.79. The number of amides is 1. The number of nitrogens with one attached hydrogen (secondary N) is 1. The first-order valence-electron chi connectivity index (χ1n) is 7.39. The molecule has 0 bridgehead atoms. The quantitative estimate of drug-likeness (QED) is 0.771. The number of benzene rings is 2. The normalized spacial score (nSPS) is 10.2. The molecule has 0 spiro atoms. The number of ether oxygens (including phenoxy) is 1. The lowest BCUT2D eigenvalue weighted by Gasteiger charge is -2.09. The number of pyridine rings is 1. The number of hydrogen-bond acceptors (Lipinski definition) is 3. The fraction of sp³-hybridized carbons (Fsp3) is 0.0526. The third kappa shape index (κ3) is 4.16. The zero-order valence-electron chi connectivity index (χ0n) is 12.8. The number of carbonyl (C=O) groups is 1. The molecule has 1 heterocycles. The van der Waals surface area contributed by atoms with E-state index >= 15 is 0 Å². The molecule has 3 rings (SSSR count). The van der Waals surface area contributed by atoms with Crippen molar-refractivity contribution in [3.8, 4) is 5.75 Å². The Labute approximate surface area is 138 Å². The number of carbonyl (C=O) groups excluding carboxylic acids is 1. The van der Waals surface area contributed by atoms with E-state index in [0.717, 1.165) is 5.56 Å². The number of hydrogen-bond donors (Lipinski definition) is 1. The highest BCUT2D eigenvalue weighted by Crippen LogP contribution is 2.17. The van der Waals surface area contributed by atoms with E-state index in [1.54, 1.807) is 60.9 Å². The van der Waals surface area contributed by atoms with Crippen LogP contribution in [0.3, 0.4) is 0 Å². The SMILES string of the molecule is O=C(Nc1ccncc1)c1cccc(OCc2ccc(F)cc2)c1. The molecular weight excluding hydrogens is 307 g/mol. The lowest BCUT2D eigenvalue weighted by molar-refractivity contribution is 0.102. The Morgan fingerprint density at radius 2 is 1.79 bits per heavy atom. The summed E-state index contributed by atoms with van der Waals surface area (Å²) in [5.74, 6) is 0.0589. The summed E-state index contributed by atoms with van der Waals surface area (Å²) >= 11 is 0. The molecule has 24 heavy (non-hydrogen) atoms. The molecule has 1 N–H and O–H groups in total. The maximum Gasteiger partial charge on any atom is 0.255 e. The molecule has 0 fully saturated rings. The smallest absolute Gasteiger partial charge is 0.255 e. The average molecular weight is 322 g/mol. The number of nitrogens with zero attached hydrogens (tertiary/aromatic N) is 1. The van der Waals surface area contributed by atoms with E-state index in [1.807, 2.05) is 0 Å². The van der Waals surface area contributed by atoms with Crippen molar-refractivity contribution in [1.29, 1.82) is 0 Å². The minimum atomic E-state index is -0.284. The summed E-state index contributed by atoms with van der Waals surface area (Å²) in [7, 11) is 0. The van der Waals surface area contributed by atoms with Crippen molar-refractivity contribution in [2.45, 2.75) is 6.61 Å². The van der Waals surface area contributed by atoms with Gasteiger partial charge in [0.15, 0.2) is 0 Å². The van der Waals surface area contributed by atoms with Crippen molar-refractivity contribution in [1.82, 2.24) is 4.98 Å². The van der Waals surface area contributed by atoms with Gasteiger partial charge in [0.1, 0.15) is 18.2 Å². The largest absolute Gasteiger partial charge is 0.489 e. The van der Waals surface area contributed by atoms with E-state index in [0.29, 0.717) is 23.6 Å². The van der Waals surface area contributed by atoms with Gasteiger partial charge in [-0.25, -0.2) is 4.39 Å². The molecule has 5 heteroatoms. The van der Waals surface area contributed by atoms with Crippen LogP contribution in [0.15, 0.2) is 73.1 Å². The van der Waals surface area contributed by atoms with E-state index in [-0.39, 0.29) is 11.7 Å². The summed E-state index contributed by atoms with van der Waals surface area (Å²) < 4.78 is 18.5. The molecule has 120 valence electrons. The van der Waals surface area contributed by atoms with Gasteiger partial charge in [0.2, 0.25) is 0 Å². The Morgan fingerprint density at radius 3 is 2.54 bits per heavy atom. The van der Waals surface area contributed by atoms with Crippen molar-refractivity contribution in [3.05, 3.63) is 90.0 Å². The highest BCUT2D eigenvalue weighted by atomic mass is 19.1. The Kier molecular flexibility index (Phi) is 4.81. The van der Waals surface area contributed by atoms with E-state index in [9.17, 15) is 9.18 Å². The van der Waals surface area contributed by atoms with E-state index in [4.69, 9.17) is 4.74 Å². The molecule has 2 aromatic carbocycles. The minimum Gasteiger partial charge on any atom is -0.489 e. The molecule has 3 aromatic rings. The van der Waals surface area contributed by atoms with Crippen LogP contribution >= 0.6 is 0 Å². The van der Waals surface area contributed by atoms with Gasteiger partial charge in [0, 0.05) is 23.6 Å². The Morgan fingerprint density at radius 1 is 1.04 bits per heavy atom. The molecule has 0 aliphatic carbocycles. The fourth-order valence-electron chi connectivity index (χ4n) is 2.11. The molecule has 0 radical (unpaired) electrons. The maximum atomic E-state index is 12.9. The van der Waals surface area contributed by atoms with Crippen LogP contribution in [-0.2, 0) is 6.61 Å². The van der Waals surface area contributed by atoms with Gasteiger partial charge in [-0.2, -0.15) is 0 Å². The van der Waals surface area contributed by atoms with Crippen LogP contribution < -0.4 is 10.1 Å². The van der Waals surface area contributed by atoms with E-state index in [1.165, 1.54) is 12.1 Å². The fourth-order valence-corrected chi connectivity index (χ4v) is 2.11. The highest BCUT2D eigenvalue weighted by molar-refractivity contribution is 6.04. The first kappa shape index (κ1) is 15.7. The third-order valence-electron chi connectivity index (χ3n) is 3.35. The lowest BCUT2D eigenvalue weighted by atomic mass is 10.2. The maximum absolute atomic E-state index is 12.9. The molecule has 0 saturated heterocycles. The van der Waals surface area contributed by atoms with Crippen LogP contribution in [0.4, 0.5) is 10.1 Å². The standard InChI is InChI=1S/C19H15FN2O2/c20-16-6-4-14(5-7-16)13-24-18-3-1-2-15(12-18)19(23)22-17-8-10-21-11-9-17/h1-12H,13H2,(H,21,22,23). The molecule has 0 aliphatic rings. The van der Waals surface area contributed by atoms with Crippen molar-refractivity contribution in [2.75, 3.05) is 5.32 Å². The van der Waals surface area contributed by atoms with Gasteiger partial charge in [-0.3, -0.25) is 9.78 Å². The summed E-state index contributed by atoms with van der Waals surface area (Å²) in [6, 6.07) is 16.4. The Balaban J connectivity index is 1.65. The van der Waals surface area contributed by atoms with Gasteiger partial charge in [-0.1, -0.05) is 18.2 Å². The summed E-state index contributed by atoms with van der Waals surface area (Å²) in [6.07, 6.45) is 3.22. The van der Waals surface area contributed by atoms with Crippen molar-refractivity contribution >= 4 is 11.6 Å². The second-order valence-corrected chi connectivity index (χ2v) is 5.13. The first-order chi connectivity index (χ1) is 11.7. The van der Waals surface area contributed by atoms with Gasteiger partial charge in [0.05, 0.1) is 0 Å². The topological polar surface area (TPSA) is 51.2 Å². The predicted octanol–water partition coefficient (Wildman–Crippen LogP) is 4.05. The van der Waals surface area contributed by atoms with E-state index in [2.05, 4.69) is 10.3 Å². The Hall–Kier alpha value is -3.21. The summed E-state index contributed by atoms with van der Waals surface area (Å²) in [4.78, 5) is 16.2. The van der Waals surface area contributed by atoms with Gasteiger partial charge in [-0.15, -0.1) is 0 Å². The van der Waals surface area contributed by atoms with Crippen LogP contribution in [-0.4, -0.2) is 10.9 Å². The second-order valence-electron chi connectivity index (χ2n) is 5.13. The van der Waals surface area contributed by atoms with Gasteiger partial charge >= 0.3 is 0 Å². The highest BCUT2D eigenvalue weighted by Gasteiger charge is 2.07. The summed E-state index contributed by atoms with van der Waals surface area (Å²) in [5.41, 5.74) is 2.01. The Bertz CT molecular complexity index is 820. The molecule has 0 unspecified atom stereocenters. The molecule has 0 saturated carbocycles. The van der Waals surface area contributed by atoms with Gasteiger partial charge < -0.3 is 10.1 Å². The van der Waals surface area contributed by atoms with Gasteiger partial charge in [-0.05, 0) is 48.0 Å². The number of rotatable bonds is 5. The van der Waals surface area contributed by atoms with E-state index < -0.39 is 0 Å². The molecular formula is C19H15FN2O2. The molecule has 1 amide bonds. The predicted molar refractivity (Wildman–Crippen MR) is 89.4 cm³/mol. The van der Waals surface area contributed by atoms with Gasteiger partial charge in [0.25, 0.3) is 5.91 Å². The second kappa shape index (κ2) is 7.37. The zero-order chi connectivity index (χ0) is 16.8. The summed E-state index contributed by atoms with van der Waals surface area (Å²) in [6.45, 7) is 0.301. The monoisotopic (exact) mass is 322 g/mol. The number of anilines is 1. The lowest BCUT2D eigenvalue weighted by Crippen LogP contribution is -2.11. The van der Waals surface area contributed by atoms with Crippen LogP contribution in [0.5, 0.6) is 5.75 Å². The third-order valence-corrected chi connectivity index (χ3v) is 3.35. The molecule has 0 atom stereocenters. The van der Waals surface area contributed by atoms with Crippen LogP contribution in [0, 0.1) is 5.82 Å². The van der Waals surface area contributed by atoms with Crippen molar-refractivity contribution in [2.24, 2.45) is 0 Å². The van der Waals surface area contributed by atoms with Crippen LogP contribution in [0.1, 0.15) is 15.9 Å².